The van der Waals surface area contributed by atoms with Crippen molar-refractivity contribution in [1.29, 1.82) is 0 Å². The summed E-state index contributed by atoms with van der Waals surface area (Å²) in [7, 11) is 0. The monoisotopic (exact) mass is 415 g/mol. The number of ketones is 1. The zero-order valence-corrected chi connectivity index (χ0v) is 15.8. The van der Waals surface area contributed by atoms with Crippen LogP contribution in [0.3, 0.4) is 0 Å². The Morgan fingerprint density at radius 3 is 2.53 bits per heavy atom. The van der Waals surface area contributed by atoms with E-state index in [2.05, 4.69) is 0 Å². The number of alkyl halides is 3. The van der Waals surface area contributed by atoms with Crippen molar-refractivity contribution < 1.29 is 27.1 Å². The van der Waals surface area contributed by atoms with Gasteiger partial charge in [-0.15, -0.1) is 0 Å². The van der Waals surface area contributed by atoms with Crippen LogP contribution in [0.15, 0.2) is 66.4 Å². The molecule has 3 aromatic carbocycles. The Balaban J connectivity index is 1.81. The molecule has 0 amide bonds. The summed E-state index contributed by atoms with van der Waals surface area (Å²) >= 11 is 0. The Bertz CT molecular complexity index is 1190. The quantitative estimate of drug-likeness (QED) is 0.464. The Hall–Kier alpha value is -3.19. The molecule has 1 aliphatic heterocycles. The number of carbonyl (C=O) groups is 1. The summed E-state index contributed by atoms with van der Waals surface area (Å²) in [6, 6.07) is 14.2. The molecule has 0 aromatic heterocycles. The zero-order chi connectivity index (χ0) is 21.7. The van der Waals surface area contributed by atoms with Gasteiger partial charge in [-0.1, -0.05) is 42.5 Å². The van der Waals surface area contributed by atoms with Crippen molar-refractivity contribution in [2.75, 3.05) is 0 Å². The predicted octanol–water partition coefficient (Wildman–Crippen LogP) is 5.18. The smallest absolute Gasteiger partial charge is 0.416 e. The first-order valence-electron chi connectivity index (χ1n) is 9.19. The lowest BCUT2D eigenvalue weighted by atomic mass is 9.82. The summed E-state index contributed by atoms with van der Waals surface area (Å²) in [4.78, 5) is 13.1. The van der Waals surface area contributed by atoms with E-state index in [0.29, 0.717) is 5.39 Å². The minimum absolute atomic E-state index is 0.0170. The molecule has 2 unspecified atom stereocenters. The summed E-state index contributed by atoms with van der Waals surface area (Å²) < 4.78 is 59.5. The minimum atomic E-state index is -4.58. The molecule has 2 N–H and O–H groups in total. The Labute approximate surface area is 169 Å². The van der Waals surface area contributed by atoms with E-state index < -0.39 is 35.0 Å². The van der Waals surface area contributed by atoms with Gasteiger partial charge in [-0.25, -0.2) is 4.39 Å². The standard InChI is InChI=1S/C23H17F4NO2/c1-13-22(28,15-6-4-7-16(11-15)23(25,26)27)21(29)20(30-13)12-18-17-8-3-2-5-14(17)9-10-19(18)24/h2-13H,28H2,1H3. The average molecular weight is 415 g/mol. The molecule has 4 rings (SSSR count). The molecular formula is C23H17F4NO2. The van der Waals surface area contributed by atoms with Crippen LogP contribution in [0.4, 0.5) is 17.6 Å². The second-order valence-electron chi connectivity index (χ2n) is 7.23. The number of rotatable bonds is 2. The normalized spacial score (nSPS) is 23.2. The fraction of sp³-hybridized carbons (Fsp3) is 0.174. The van der Waals surface area contributed by atoms with Gasteiger partial charge in [0.15, 0.2) is 5.76 Å². The average Bonchev–Trinajstić information content (AvgIpc) is 2.94. The topological polar surface area (TPSA) is 52.3 Å². The lowest BCUT2D eigenvalue weighted by Gasteiger charge is -2.25. The molecule has 1 fully saturated rings. The molecular weight excluding hydrogens is 398 g/mol. The third kappa shape index (κ3) is 3.15. The molecule has 1 saturated heterocycles. The number of hydrogen-bond donors (Lipinski definition) is 1. The first kappa shape index (κ1) is 20.1. The van der Waals surface area contributed by atoms with E-state index in [0.717, 1.165) is 17.5 Å². The van der Waals surface area contributed by atoms with Crippen LogP contribution in [-0.4, -0.2) is 11.9 Å². The van der Waals surface area contributed by atoms with E-state index in [1.54, 1.807) is 30.3 Å². The van der Waals surface area contributed by atoms with Crippen molar-refractivity contribution in [3.05, 3.63) is 88.9 Å². The minimum Gasteiger partial charge on any atom is -0.484 e. The van der Waals surface area contributed by atoms with E-state index in [1.807, 2.05) is 0 Å². The fourth-order valence-electron chi connectivity index (χ4n) is 3.69. The maximum absolute atomic E-state index is 14.5. The third-order valence-electron chi connectivity index (χ3n) is 5.40. The highest BCUT2D eigenvalue weighted by Gasteiger charge is 2.51. The van der Waals surface area contributed by atoms with E-state index in [4.69, 9.17) is 10.5 Å². The van der Waals surface area contributed by atoms with E-state index in [9.17, 15) is 22.4 Å². The molecule has 0 bridgehead atoms. The van der Waals surface area contributed by atoms with Gasteiger partial charge in [-0.2, -0.15) is 13.2 Å². The van der Waals surface area contributed by atoms with Crippen LogP contribution < -0.4 is 5.73 Å². The van der Waals surface area contributed by atoms with Crippen LogP contribution in [0.5, 0.6) is 0 Å². The lowest BCUT2D eigenvalue weighted by molar-refractivity contribution is -0.137. The van der Waals surface area contributed by atoms with Crippen LogP contribution in [0.1, 0.15) is 23.6 Å². The van der Waals surface area contributed by atoms with Crippen molar-refractivity contribution >= 4 is 22.6 Å². The number of benzene rings is 3. The van der Waals surface area contributed by atoms with Crippen molar-refractivity contribution in [3.63, 3.8) is 0 Å². The lowest BCUT2D eigenvalue weighted by Crippen LogP contribution is -2.48. The van der Waals surface area contributed by atoms with E-state index >= 15 is 0 Å². The van der Waals surface area contributed by atoms with Gasteiger partial charge in [-0.3, -0.25) is 4.79 Å². The second kappa shape index (κ2) is 6.95. The Morgan fingerprint density at radius 2 is 1.80 bits per heavy atom. The van der Waals surface area contributed by atoms with Gasteiger partial charge in [0, 0.05) is 5.56 Å². The maximum Gasteiger partial charge on any atom is 0.416 e. The molecule has 30 heavy (non-hydrogen) atoms. The molecule has 0 aliphatic carbocycles. The van der Waals surface area contributed by atoms with Crippen LogP contribution in [-0.2, 0) is 21.2 Å². The summed E-state index contributed by atoms with van der Waals surface area (Å²) in [6.45, 7) is 1.50. The molecule has 154 valence electrons. The summed E-state index contributed by atoms with van der Waals surface area (Å²) in [5.74, 6) is -1.46. The fourth-order valence-corrected chi connectivity index (χ4v) is 3.69. The van der Waals surface area contributed by atoms with Gasteiger partial charge in [0.1, 0.15) is 17.5 Å². The number of nitrogens with two attached hydrogens (primary N) is 1. The molecule has 3 nitrogen and oxygen atoms in total. The van der Waals surface area contributed by atoms with Gasteiger partial charge in [0.25, 0.3) is 0 Å². The Morgan fingerprint density at radius 1 is 1.07 bits per heavy atom. The van der Waals surface area contributed by atoms with Crippen molar-refractivity contribution in [1.82, 2.24) is 0 Å². The van der Waals surface area contributed by atoms with Gasteiger partial charge in [0.05, 0.1) is 5.56 Å². The molecule has 1 heterocycles. The molecule has 0 saturated carbocycles. The molecule has 7 heteroatoms. The van der Waals surface area contributed by atoms with Crippen molar-refractivity contribution in [2.45, 2.75) is 24.7 Å². The van der Waals surface area contributed by atoms with Crippen LogP contribution in [0.25, 0.3) is 16.8 Å². The van der Waals surface area contributed by atoms with Crippen molar-refractivity contribution in [3.8, 4) is 0 Å². The molecule has 0 spiro atoms. The summed E-state index contributed by atoms with van der Waals surface area (Å²) in [5, 5.41) is 1.34. The van der Waals surface area contributed by atoms with Crippen LogP contribution in [0.2, 0.25) is 0 Å². The Kier molecular flexibility index (Phi) is 4.66. The molecule has 1 aliphatic rings. The molecule has 0 radical (unpaired) electrons. The number of Topliss-reactive ketones (excluding diaryl/α,β-unsaturated/α-hetero) is 1. The highest BCUT2D eigenvalue weighted by atomic mass is 19.4. The van der Waals surface area contributed by atoms with Crippen molar-refractivity contribution in [2.24, 2.45) is 5.73 Å². The third-order valence-corrected chi connectivity index (χ3v) is 5.40. The van der Waals surface area contributed by atoms with Gasteiger partial charge >= 0.3 is 6.18 Å². The van der Waals surface area contributed by atoms with Crippen LogP contribution in [0, 0.1) is 5.82 Å². The number of halogens is 4. The second-order valence-corrected chi connectivity index (χ2v) is 7.23. The van der Waals surface area contributed by atoms with Gasteiger partial charge in [-0.05, 0) is 47.5 Å². The largest absolute Gasteiger partial charge is 0.484 e. The summed E-state index contributed by atoms with van der Waals surface area (Å²) in [6.07, 6.45) is -4.26. The van der Waals surface area contributed by atoms with Gasteiger partial charge in [0.2, 0.25) is 5.78 Å². The zero-order valence-electron chi connectivity index (χ0n) is 15.8. The highest BCUT2D eigenvalue weighted by molar-refractivity contribution is 6.08. The number of hydrogen-bond acceptors (Lipinski definition) is 3. The first-order valence-corrected chi connectivity index (χ1v) is 9.19. The molecule has 2 atom stereocenters. The number of fused-ring (bicyclic) bond motifs is 1. The van der Waals surface area contributed by atoms with E-state index in [1.165, 1.54) is 31.2 Å². The predicted molar refractivity (Wildman–Crippen MR) is 105 cm³/mol. The van der Waals surface area contributed by atoms with E-state index in [-0.39, 0.29) is 16.9 Å². The number of ether oxygens (including phenoxy) is 1. The highest BCUT2D eigenvalue weighted by Crippen LogP contribution is 2.40. The summed E-state index contributed by atoms with van der Waals surface area (Å²) in [5.41, 5.74) is 3.69. The van der Waals surface area contributed by atoms with Gasteiger partial charge < -0.3 is 10.5 Å². The maximum atomic E-state index is 14.5. The SMILES string of the molecule is CC1OC(=Cc2c(F)ccc3ccccc23)C(=O)C1(N)c1cccc(C(F)(F)F)c1. The number of carbonyl (C=O) groups excluding carboxylic acids is 1. The first-order chi connectivity index (χ1) is 14.1. The molecule has 3 aromatic rings. The van der Waals surface area contributed by atoms with Crippen LogP contribution >= 0.6 is 0 Å².